The van der Waals surface area contributed by atoms with Gasteiger partial charge in [0.2, 0.25) is 5.91 Å². The summed E-state index contributed by atoms with van der Waals surface area (Å²) in [6.07, 6.45) is 6.43. The number of primary amides is 1. The van der Waals surface area contributed by atoms with Gasteiger partial charge in [-0.25, -0.2) is 14.9 Å². The van der Waals surface area contributed by atoms with Gasteiger partial charge in [0.15, 0.2) is 17.3 Å². The Morgan fingerprint density at radius 2 is 1.57 bits per heavy atom. The molecule has 6 heterocycles. The summed E-state index contributed by atoms with van der Waals surface area (Å²) >= 11 is 0. The Bertz CT molecular complexity index is 2160. The van der Waals surface area contributed by atoms with Crippen molar-refractivity contribution < 1.29 is 44.2 Å². The number of methoxy groups -OCH3 is 1. The number of aryl methyl sites for hydroxylation is 1. The Morgan fingerprint density at radius 1 is 0.838 bits per heavy atom. The van der Waals surface area contributed by atoms with Crippen LogP contribution in [0.15, 0.2) is 36.4 Å². The number of amides is 2. The Hall–Kier alpha value is -4.86. The molecule has 5 atom stereocenters. The quantitative estimate of drug-likeness (QED) is 0.0799. The van der Waals surface area contributed by atoms with E-state index in [4.69, 9.17) is 24.9 Å². The fraction of sp³-hybridized carbons (Fsp3) is 0.633. The number of nitrogens with one attached hydrogen (secondary N) is 3. The number of anilines is 4. The van der Waals surface area contributed by atoms with Crippen molar-refractivity contribution >= 4 is 34.8 Å². The maximum Gasteiger partial charge on any atom is 0.271 e. The number of unbranched alkanes of at least 4 members (excludes halogenated alkanes) is 4. The number of hydrogen-bond donors (Lipinski definition) is 8. The molecule has 4 saturated heterocycles. The zero-order chi connectivity index (χ0) is 47.7. The van der Waals surface area contributed by atoms with Crippen LogP contribution in [0.5, 0.6) is 11.5 Å². The van der Waals surface area contributed by atoms with Crippen molar-refractivity contribution in [2.75, 3.05) is 81.7 Å². The molecule has 0 spiro atoms. The van der Waals surface area contributed by atoms with E-state index in [1.807, 2.05) is 30.0 Å². The Morgan fingerprint density at radius 3 is 2.29 bits per heavy atom. The van der Waals surface area contributed by atoms with Gasteiger partial charge in [-0.3, -0.25) is 19.8 Å². The minimum atomic E-state index is -1.10. The molecule has 0 bridgehead atoms. The molecule has 4 fully saturated rings. The van der Waals surface area contributed by atoms with Crippen molar-refractivity contribution in [3.8, 4) is 11.5 Å². The van der Waals surface area contributed by atoms with E-state index in [0.29, 0.717) is 91.4 Å². The van der Waals surface area contributed by atoms with Crippen LogP contribution < -0.4 is 36.1 Å². The van der Waals surface area contributed by atoms with E-state index in [0.717, 1.165) is 108 Å². The Kier molecular flexibility index (Phi) is 16.9. The number of benzene rings is 2. The van der Waals surface area contributed by atoms with Gasteiger partial charge in [0.25, 0.3) is 5.91 Å². The number of nitrogens with two attached hydrogens (primary N) is 1. The fourth-order valence-electron chi connectivity index (χ4n) is 10.5. The first-order valence-corrected chi connectivity index (χ1v) is 24.8. The van der Waals surface area contributed by atoms with Crippen LogP contribution in [0, 0.1) is 0 Å². The zero-order valence-electron chi connectivity index (χ0n) is 39.7. The first-order chi connectivity index (χ1) is 33.0. The van der Waals surface area contributed by atoms with Gasteiger partial charge in [-0.15, -0.1) is 0 Å². The molecule has 9 N–H and O–H groups in total. The summed E-state index contributed by atoms with van der Waals surface area (Å²) in [5.74, 6) is 1.86. The number of aliphatic hydroxyl groups excluding tert-OH is 4. The second-order valence-electron chi connectivity index (χ2n) is 18.7. The standard InChI is InChI=1S/C49H72N10O9/c1-3-37-45(51-31-18-27-67-28-19-31)55-46(43(53-37)44(50)62)52-32-10-13-38(40(29-32)66-2)57-20-16-33(17-21-57)56-22-24-58(25-23-56)42(61)9-7-5-4-6-8-26-68-34-11-12-35-36(30-34)49(65)59(48(35)64)39-14-15-41(60)54-47(39)63/h10-13,29-31,33,39,41,47-49,54,60,63-65H,3-9,14-28H2,1-2H3,(H2,50,62)(H2,51,52,55). The number of nitrogens with zero attached hydrogens (tertiary/aromatic N) is 6. The molecule has 1 aromatic heterocycles. The molecule has 2 aromatic carbocycles. The van der Waals surface area contributed by atoms with E-state index in [2.05, 4.69) is 30.7 Å². The molecular formula is C49H72N10O9. The number of carbonyl (C=O) groups excluding carboxylic acids is 2. The third-order valence-corrected chi connectivity index (χ3v) is 14.4. The van der Waals surface area contributed by atoms with Gasteiger partial charge in [-0.2, -0.15) is 0 Å². The van der Waals surface area contributed by atoms with E-state index in [9.17, 15) is 30.0 Å². The summed E-state index contributed by atoms with van der Waals surface area (Å²) in [5.41, 5.74) is 9.41. The molecule has 8 rings (SSSR count). The van der Waals surface area contributed by atoms with Gasteiger partial charge in [-0.05, 0) is 82.1 Å². The van der Waals surface area contributed by atoms with Gasteiger partial charge >= 0.3 is 0 Å². The number of piperidine rings is 2. The highest BCUT2D eigenvalue weighted by molar-refractivity contribution is 5.96. The van der Waals surface area contributed by atoms with Gasteiger partial charge < -0.3 is 60.8 Å². The monoisotopic (exact) mass is 945 g/mol. The van der Waals surface area contributed by atoms with Crippen molar-refractivity contribution in [3.05, 3.63) is 58.9 Å². The smallest absolute Gasteiger partial charge is 0.271 e. The Balaban J connectivity index is 0.720. The fourth-order valence-corrected chi connectivity index (χ4v) is 10.5. The average molecular weight is 945 g/mol. The number of fused-ring (bicyclic) bond motifs is 1. The molecule has 372 valence electrons. The van der Waals surface area contributed by atoms with Crippen LogP contribution in [0.1, 0.15) is 124 Å². The van der Waals surface area contributed by atoms with Crippen molar-refractivity contribution in [2.45, 2.75) is 133 Å². The lowest BCUT2D eigenvalue weighted by Gasteiger charge is -2.43. The van der Waals surface area contributed by atoms with E-state index < -0.39 is 36.9 Å². The minimum Gasteiger partial charge on any atom is -0.495 e. The molecule has 2 amide bonds. The van der Waals surface area contributed by atoms with Gasteiger partial charge in [0, 0.05) is 93.9 Å². The predicted molar refractivity (Wildman–Crippen MR) is 257 cm³/mol. The number of hydrogen-bond acceptors (Lipinski definition) is 17. The second-order valence-corrected chi connectivity index (χ2v) is 18.7. The molecule has 0 radical (unpaired) electrons. The first kappa shape index (κ1) is 49.6. The number of ether oxygens (including phenoxy) is 3. The molecular weight excluding hydrogens is 873 g/mol. The normalized spacial score (nSPS) is 24.2. The average Bonchev–Trinajstić information content (AvgIpc) is 3.59. The minimum absolute atomic E-state index is 0.0924. The van der Waals surface area contributed by atoms with Crippen LogP contribution in [0.25, 0.3) is 0 Å². The molecule has 19 nitrogen and oxygen atoms in total. The lowest BCUT2D eigenvalue weighted by atomic mass is 10.0. The van der Waals surface area contributed by atoms with Crippen LogP contribution in [0.2, 0.25) is 0 Å². The second kappa shape index (κ2) is 23.2. The summed E-state index contributed by atoms with van der Waals surface area (Å²) < 4.78 is 17.4. The van der Waals surface area contributed by atoms with E-state index in [-0.39, 0.29) is 17.6 Å². The van der Waals surface area contributed by atoms with Crippen LogP contribution >= 0.6 is 0 Å². The molecule has 0 saturated carbocycles. The van der Waals surface area contributed by atoms with E-state index in [1.165, 1.54) is 4.90 Å². The largest absolute Gasteiger partial charge is 0.495 e. The summed E-state index contributed by atoms with van der Waals surface area (Å²) in [6.45, 7) is 8.94. The van der Waals surface area contributed by atoms with Crippen LogP contribution in [0.4, 0.5) is 23.0 Å². The van der Waals surface area contributed by atoms with Crippen molar-refractivity contribution in [1.29, 1.82) is 0 Å². The summed E-state index contributed by atoms with van der Waals surface area (Å²) in [5, 5.41) is 51.7. The summed E-state index contributed by atoms with van der Waals surface area (Å²) in [7, 11) is 1.67. The predicted octanol–water partition coefficient (Wildman–Crippen LogP) is 3.70. The molecule has 3 aromatic rings. The van der Waals surface area contributed by atoms with Crippen LogP contribution in [-0.2, 0) is 16.0 Å². The van der Waals surface area contributed by atoms with Gasteiger partial charge in [0.05, 0.1) is 31.1 Å². The van der Waals surface area contributed by atoms with E-state index >= 15 is 0 Å². The molecule has 5 aliphatic rings. The molecule has 0 aliphatic carbocycles. The molecule has 5 aliphatic heterocycles. The highest BCUT2D eigenvalue weighted by Crippen LogP contribution is 2.44. The highest BCUT2D eigenvalue weighted by Gasteiger charge is 2.45. The Labute approximate surface area is 399 Å². The molecule has 19 heteroatoms. The lowest BCUT2D eigenvalue weighted by molar-refractivity contribution is -0.159. The topological polar surface area (TPSA) is 244 Å². The molecule has 68 heavy (non-hydrogen) atoms. The summed E-state index contributed by atoms with van der Waals surface area (Å²) in [6, 6.07) is 11.4. The van der Waals surface area contributed by atoms with Crippen molar-refractivity contribution in [3.63, 3.8) is 0 Å². The SMILES string of the molecule is CCc1nc(C(N)=O)c(Nc2ccc(N3CCC(N4CCN(C(=O)CCCCCCCOc5ccc6c(c5)C(O)N(C5CCC(O)NC5O)C6O)CC4)CC3)c(OC)c2)nc1NC1CCOCC1. The highest BCUT2D eigenvalue weighted by atomic mass is 16.5. The van der Waals surface area contributed by atoms with Crippen molar-refractivity contribution in [2.24, 2.45) is 5.73 Å². The van der Waals surface area contributed by atoms with Gasteiger partial charge in [0.1, 0.15) is 36.4 Å². The summed E-state index contributed by atoms with van der Waals surface area (Å²) in [4.78, 5) is 43.5. The van der Waals surface area contributed by atoms with Crippen molar-refractivity contribution in [1.82, 2.24) is 30.0 Å². The van der Waals surface area contributed by atoms with Crippen LogP contribution in [0.3, 0.4) is 0 Å². The zero-order valence-corrected chi connectivity index (χ0v) is 39.7. The maximum atomic E-state index is 13.2. The number of aliphatic hydroxyl groups is 4. The number of aromatic nitrogens is 2. The maximum absolute atomic E-state index is 13.2. The van der Waals surface area contributed by atoms with E-state index in [1.54, 1.807) is 25.3 Å². The number of piperazine rings is 1. The van der Waals surface area contributed by atoms with Gasteiger partial charge in [-0.1, -0.05) is 32.3 Å². The lowest BCUT2D eigenvalue weighted by Crippen LogP contribution is -2.57. The third kappa shape index (κ3) is 11.8. The van der Waals surface area contributed by atoms with Crippen LogP contribution in [-0.4, -0.2) is 154 Å². The first-order valence-electron chi connectivity index (χ1n) is 24.8. The third-order valence-electron chi connectivity index (χ3n) is 14.4. The number of rotatable bonds is 19. The number of carbonyl (C=O) groups is 2. The molecule has 5 unspecified atom stereocenters.